The zero-order valence-corrected chi connectivity index (χ0v) is 26.7. The molecule has 2 N–H and O–H groups in total. The normalized spacial score (nSPS) is 19.0. The highest BCUT2D eigenvalue weighted by molar-refractivity contribution is 6.48. The van der Waals surface area contributed by atoms with Crippen molar-refractivity contribution in [3.63, 3.8) is 0 Å². The molecule has 2 aromatic rings. The Bertz CT molecular complexity index is 1270. The highest BCUT2D eigenvalue weighted by Gasteiger charge is 2.54. The van der Waals surface area contributed by atoms with Gasteiger partial charge in [-0.25, -0.2) is 0 Å². The van der Waals surface area contributed by atoms with E-state index < -0.39 is 42.1 Å². The lowest BCUT2D eigenvalue weighted by atomic mass is 9.75. The molecule has 0 saturated carbocycles. The SMILES string of the molecule is CC1(C)OB([C@H](CCCc2ccccc2)NC(=O)[C@@H](CC(=O)N2CCOCC2)NC(=O)c2cc(Cl)ccc2Cl)OC1(C)C. The van der Waals surface area contributed by atoms with Crippen LogP contribution in [0.3, 0.4) is 0 Å². The summed E-state index contributed by atoms with van der Waals surface area (Å²) in [6, 6.07) is 13.4. The Hall–Kier alpha value is -2.63. The quantitative estimate of drug-likeness (QED) is 0.354. The molecule has 2 aliphatic rings. The van der Waals surface area contributed by atoms with Crippen LogP contribution in [0.2, 0.25) is 10.0 Å². The average Bonchev–Trinajstić information content (AvgIpc) is 3.20. The molecule has 12 heteroatoms. The lowest BCUT2D eigenvalue weighted by Gasteiger charge is -2.32. The Morgan fingerprint density at radius 2 is 1.60 bits per heavy atom. The molecular weight excluding hydrogens is 592 g/mol. The van der Waals surface area contributed by atoms with Gasteiger partial charge in [-0.05, 0) is 70.7 Å². The van der Waals surface area contributed by atoms with Crippen LogP contribution in [0.25, 0.3) is 0 Å². The van der Waals surface area contributed by atoms with Crippen molar-refractivity contribution in [3.8, 4) is 0 Å². The summed E-state index contributed by atoms with van der Waals surface area (Å²) in [5.74, 6) is -1.94. The molecule has 2 aromatic carbocycles. The maximum atomic E-state index is 13.9. The van der Waals surface area contributed by atoms with Gasteiger partial charge >= 0.3 is 7.12 Å². The van der Waals surface area contributed by atoms with Gasteiger partial charge < -0.3 is 29.6 Å². The number of hydrogen-bond donors (Lipinski definition) is 2. The minimum absolute atomic E-state index is 0.108. The molecule has 0 aromatic heterocycles. The molecular formula is C31H40BCl2N3O6. The Morgan fingerprint density at radius 3 is 2.26 bits per heavy atom. The van der Waals surface area contributed by atoms with Gasteiger partial charge in [0.1, 0.15) is 6.04 Å². The van der Waals surface area contributed by atoms with Crippen LogP contribution in [0.1, 0.15) is 62.9 Å². The number of halogens is 2. The fourth-order valence-electron chi connectivity index (χ4n) is 5.02. The van der Waals surface area contributed by atoms with Gasteiger partial charge in [-0.15, -0.1) is 0 Å². The lowest BCUT2D eigenvalue weighted by molar-refractivity contribution is -0.138. The van der Waals surface area contributed by atoms with Gasteiger partial charge in [0.15, 0.2) is 0 Å². The fourth-order valence-corrected chi connectivity index (χ4v) is 5.39. The maximum Gasteiger partial charge on any atom is 0.481 e. The standard InChI is InChI=1S/C31H40BCl2N3O6/c1-30(2)31(3,4)43-32(42-30)26(12-8-11-21-9-6-5-7-10-21)36-29(40)25(20-27(38)37-15-17-41-18-16-37)35-28(39)23-19-22(33)13-14-24(23)34/h5-7,9-10,13-14,19,25-26H,8,11-12,15-18,20H2,1-4H3,(H,35,39)(H,36,40)/t25-,26+/m1/s1. The van der Waals surface area contributed by atoms with E-state index in [-0.39, 0.29) is 22.9 Å². The molecule has 232 valence electrons. The molecule has 3 amide bonds. The second kappa shape index (κ2) is 14.4. The zero-order chi connectivity index (χ0) is 31.2. The number of amides is 3. The third-order valence-electron chi connectivity index (χ3n) is 8.29. The zero-order valence-electron chi connectivity index (χ0n) is 25.2. The molecule has 2 fully saturated rings. The van der Waals surface area contributed by atoms with Crippen LogP contribution in [0.15, 0.2) is 48.5 Å². The summed E-state index contributed by atoms with van der Waals surface area (Å²) in [6.07, 6.45) is 1.86. The van der Waals surface area contributed by atoms with Crippen molar-refractivity contribution >= 4 is 48.0 Å². The van der Waals surface area contributed by atoms with Crippen molar-refractivity contribution in [2.24, 2.45) is 0 Å². The van der Waals surface area contributed by atoms with E-state index in [0.29, 0.717) is 37.7 Å². The third kappa shape index (κ3) is 8.73. The summed E-state index contributed by atoms with van der Waals surface area (Å²) in [6.45, 7) is 9.47. The smallest absolute Gasteiger partial charge is 0.402 e. The Morgan fingerprint density at radius 1 is 0.953 bits per heavy atom. The molecule has 43 heavy (non-hydrogen) atoms. The number of hydrogen-bond acceptors (Lipinski definition) is 6. The van der Waals surface area contributed by atoms with Crippen LogP contribution in [-0.2, 0) is 30.1 Å². The molecule has 0 bridgehead atoms. The van der Waals surface area contributed by atoms with Crippen molar-refractivity contribution < 1.29 is 28.4 Å². The lowest BCUT2D eigenvalue weighted by Crippen LogP contribution is -2.56. The Labute approximate surface area is 264 Å². The van der Waals surface area contributed by atoms with E-state index in [0.717, 1.165) is 12.8 Å². The average molecular weight is 632 g/mol. The van der Waals surface area contributed by atoms with Gasteiger partial charge in [0.25, 0.3) is 5.91 Å². The van der Waals surface area contributed by atoms with Gasteiger partial charge in [0.2, 0.25) is 11.8 Å². The van der Waals surface area contributed by atoms with Crippen molar-refractivity contribution in [1.82, 2.24) is 15.5 Å². The number of rotatable bonds is 11. The largest absolute Gasteiger partial charge is 0.481 e. The molecule has 0 radical (unpaired) electrons. The summed E-state index contributed by atoms with van der Waals surface area (Å²) in [5.41, 5.74) is 0.0735. The molecule has 0 unspecified atom stereocenters. The summed E-state index contributed by atoms with van der Waals surface area (Å²) in [7, 11) is -0.724. The molecule has 0 spiro atoms. The molecule has 4 rings (SSSR count). The van der Waals surface area contributed by atoms with Crippen molar-refractivity contribution in [2.75, 3.05) is 26.3 Å². The summed E-state index contributed by atoms with van der Waals surface area (Å²) < 4.78 is 18.0. The number of ether oxygens (including phenoxy) is 1. The number of morpholine rings is 1. The number of nitrogens with one attached hydrogen (secondary N) is 2. The number of carbonyl (C=O) groups excluding carboxylic acids is 3. The molecule has 0 aliphatic carbocycles. The van der Waals surface area contributed by atoms with E-state index in [2.05, 4.69) is 22.8 Å². The van der Waals surface area contributed by atoms with Crippen molar-refractivity contribution in [1.29, 1.82) is 0 Å². The highest BCUT2D eigenvalue weighted by atomic mass is 35.5. The highest BCUT2D eigenvalue weighted by Crippen LogP contribution is 2.38. The van der Waals surface area contributed by atoms with E-state index in [9.17, 15) is 14.4 Å². The van der Waals surface area contributed by atoms with Gasteiger partial charge in [-0.2, -0.15) is 0 Å². The first-order valence-electron chi connectivity index (χ1n) is 14.7. The number of aryl methyl sites for hydroxylation is 1. The topological polar surface area (TPSA) is 106 Å². The Balaban J connectivity index is 1.54. The Kier molecular flexibility index (Phi) is 11.2. The first-order valence-corrected chi connectivity index (χ1v) is 15.4. The van der Waals surface area contributed by atoms with Gasteiger partial charge in [0, 0.05) is 18.1 Å². The van der Waals surface area contributed by atoms with E-state index in [1.165, 1.54) is 17.7 Å². The van der Waals surface area contributed by atoms with E-state index in [1.807, 2.05) is 45.9 Å². The molecule has 2 atom stereocenters. The fraction of sp³-hybridized carbons (Fsp3) is 0.516. The summed E-state index contributed by atoms with van der Waals surface area (Å²) >= 11 is 12.4. The summed E-state index contributed by atoms with van der Waals surface area (Å²) in [4.78, 5) is 42.1. The number of benzene rings is 2. The van der Waals surface area contributed by atoms with Crippen molar-refractivity contribution in [3.05, 3.63) is 69.7 Å². The predicted molar refractivity (Wildman–Crippen MR) is 167 cm³/mol. The van der Waals surface area contributed by atoms with E-state index in [4.69, 9.17) is 37.2 Å². The second-order valence-electron chi connectivity index (χ2n) is 12.0. The minimum Gasteiger partial charge on any atom is -0.402 e. The van der Waals surface area contributed by atoms with Gasteiger partial charge in [-0.3, -0.25) is 14.4 Å². The van der Waals surface area contributed by atoms with E-state index in [1.54, 1.807) is 11.0 Å². The van der Waals surface area contributed by atoms with Crippen molar-refractivity contribution in [2.45, 2.75) is 76.6 Å². The van der Waals surface area contributed by atoms with Crippen LogP contribution < -0.4 is 10.6 Å². The first kappa shape index (κ1) is 33.3. The van der Waals surface area contributed by atoms with E-state index >= 15 is 0 Å². The molecule has 2 aliphatic heterocycles. The second-order valence-corrected chi connectivity index (χ2v) is 12.8. The molecule has 2 saturated heterocycles. The van der Waals surface area contributed by atoms with Gasteiger partial charge in [-0.1, -0.05) is 53.5 Å². The number of carbonyl (C=O) groups is 3. The van der Waals surface area contributed by atoms with Crippen LogP contribution >= 0.6 is 23.2 Å². The third-order valence-corrected chi connectivity index (χ3v) is 8.85. The minimum atomic E-state index is -1.18. The monoisotopic (exact) mass is 631 g/mol. The first-order chi connectivity index (χ1) is 20.4. The van der Waals surface area contributed by atoms with Crippen LogP contribution in [-0.4, -0.2) is 79.2 Å². The summed E-state index contributed by atoms with van der Waals surface area (Å²) in [5, 5.41) is 6.28. The molecule has 2 heterocycles. The van der Waals surface area contributed by atoms with Crippen LogP contribution in [0.4, 0.5) is 0 Å². The number of nitrogens with zero attached hydrogens (tertiary/aromatic N) is 1. The molecule has 9 nitrogen and oxygen atoms in total. The van der Waals surface area contributed by atoms with Gasteiger partial charge in [0.05, 0.1) is 47.4 Å². The van der Waals surface area contributed by atoms with Crippen LogP contribution in [0.5, 0.6) is 0 Å². The predicted octanol–water partition coefficient (Wildman–Crippen LogP) is 4.48. The van der Waals surface area contributed by atoms with Crippen LogP contribution in [0, 0.1) is 0 Å². The maximum absolute atomic E-state index is 13.9.